The van der Waals surface area contributed by atoms with E-state index in [1.54, 1.807) is 18.2 Å². The fraction of sp³-hybridized carbons (Fsp3) is 0.143. The van der Waals surface area contributed by atoms with Crippen molar-refractivity contribution in [3.05, 3.63) is 57.1 Å². The minimum absolute atomic E-state index is 0.0199. The highest BCUT2D eigenvalue weighted by Crippen LogP contribution is 2.16. The molecule has 0 aliphatic carbocycles. The van der Waals surface area contributed by atoms with E-state index in [4.69, 9.17) is 0 Å². The zero-order chi connectivity index (χ0) is 15.2. The summed E-state index contributed by atoms with van der Waals surface area (Å²) in [6, 6.07) is 5.96. The Morgan fingerprint density at radius 2 is 2.14 bits per heavy atom. The Morgan fingerprint density at radius 1 is 1.43 bits per heavy atom. The molecule has 21 heavy (non-hydrogen) atoms. The summed E-state index contributed by atoms with van der Waals surface area (Å²) in [7, 11) is 0. The molecule has 0 saturated carbocycles. The zero-order valence-electron chi connectivity index (χ0n) is 11.3. The highest BCUT2D eigenvalue weighted by molar-refractivity contribution is 7.13. The number of nitro groups is 1. The fourth-order valence-corrected chi connectivity index (χ4v) is 2.35. The molecule has 1 amide bonds. The summed E-state index contributed by atoms with van der Waals surface area (Å²) in [5.74, 6) is -0.287. The second kappa shape index (κ2) is 6.76. The van der Waals surface area contributed by atoms with Crippen LogP contribution in [0.4, 0.5) is 10.8 Å². The second-order valence-corrected chi connectivity index (χ2v) is 5.03. The number of anilines is 1. The molecule has 1 heterocycles. The Kier molecular flexibility index (Phi) is 4.78. The number of amides is 1. The SMILES string of the molecule is CCc1csc(NC(=O)C=Cc2ccc([N+](=O)[O-])cc2)n1. The quantitative estimate of drug-likeness (QED) is 0.522. The lowest BCUT2D eigenvalue weighted by Gasteiger charge is -1.96. The van der Waals surface area contributed by atoms with Crippen LogP contribution in [0, 0.1) is 10.1 Å². The highest BCUT2D eigenvalue weighted by Gasteiger charge is 2.04. The molecule has 0 spiro atoms. The second-order valence-electron chi connectivity index (χ2n) is 4.17. The summed E-state index contributed by atoms with van der Waals surface area (Å²) < 4.78 is 0. The zero-order valence-corrected chi connectivity index (χ0v) is 12.1. The Balaban J connectivity index is 1.96. The van der Waals surface area contributed by atoms with Gasteiger partial charge in [-0.05, 0) is 30.2 Å². The number of nitrogens with zero attached hydrogens (tertiary/aromatic N) is 2. The van der Waals surface area contributed by atoms with E-state index in [1.807, 2.05) is 12.3 Å². The molecule has 0 unspecified atom stereocenters. The normalized spacial score (nSPS) is 10.7. The van der Waals surface area contributed by atoms with E-state index < -0.39 is 4.92 Å². The Labute approximate surface area is 125 Å². The maximum Gasteiger partial charge on any atom is 0.269 e. The number of aromatic nitrogens is 1. The van der Waals surface area contributed by atoms with Crippen molar-refractivity contribution in [2.75, 3.05) is 5.32 Å². The van der Waals surface area contributed by atoms with Crippen LogP contribution in [0.2, 0.25) is 0 Å². The van der Waals surface area contributed by atoms with Crippen molar-refractivity contribution in [1.82, 2.24) is 4.98 Å². The van der Waals surface area contributed by atoms with Crippen molar-refractivity contribution in [2.24, 2.45) is 0 Å². The summed E-state index contributed by atoms with van der Waals surface area (Å²) >= 11 is 1.38. The number of benzene rings is 1. The van der Waals surface area contributed by atoms with Crippen LogP contribution >= 0.6 is 11.3 Å². The molecule has 0 atom stereocenters. The summed E-state index contributed by atoms with van der Waals surface area (Å²) in [4.78, 5) is 26.0. The lowest BCUT2D eigenvalue weighted by atomic mass is 10.2. The smallest absolute Gasteiger partial charge is 0.269 e. The summed E-state index contributed by atoms with van der Waals surface area (Å²) in [5.41, 5.74) is 1.67. The largest absolute Gasteiger partial charge is 0.298 e. The van der Waals surface area contributed by atoms with Crippen LogP contribution < -0.4 is 5.32 Å². The van der Waals surface area contributed by atoms with Gasteiger partial charge in [-0.2, -0.15) is 0 Å². The van der Waals surface area contributed by atoms with Gasteiger partial charge in [-0.25, -0.2) is 4.98 Å². The first-order chi connectivity index (χ1) is 10.1. The molecule has 0 radical (unpaired) electrons. The van der Waals surface area contributed by atoms with Crippen molar-refractivity contribution in [3.8, 4) is 0 Å². The van der Waals surface area contributed by atoms with Crippen LogP contribution in [0.3, 0.4) is 0 Å². The molecular formula is C14H13N3O3S. The lowest BCUT2D eigenvalue weighted by Crippen LogP contribution is -2.07. The fourth-order valence-electron chi connectivity index (χ4n) is 1.55. The van der Waals surface area contributed by atoms with Gasteiger partial charge < -0.3 is 0 Å². The number of rotatable bonds is 5. The molecule has 1 N–H and O–H groups in total. The maximum absolute atomic E-state index is 11.7. The van der Waals surface area contributed by atoms with Gasteiger partial charge in [0.15, 0.2) is 5.13 Å². The van der Waals surface area contributed by atoms with E-state index in [1.165, 1.54) is 29.5 Å². The lowest BCUT2D eigenvalue weighted by molar-refractivity contribution is -0.384. The topological polar surface area (TPSA) is 85.1 Å². The number of thiazole rings is 1. The molecule has 1 aromatic carbocycles. The van der Waals surface area contributed by atoms with Crippen molar-refractivity contribution >= 4 is 34.1 Å². The number of carbonyl (C=O) groups is 1. The number of carbonyl (C=O) groups excluding carboxylic acids is 1. The van der Waals surface area contributed by atoms with Crippen molar-refractivity contribution in [3.63, 3.8) is 0 Å². The maximum atomic E-state index is 11.7. The van der Waals surface area contributed by atoms with Crippen molar-refractivity contribution in [2.45, 2.75) is 13.3 Å². The van der Waals surface area contributed by atoms with Gasteiger partial charge >= 0.3 is 0 Å². The van der Waals surface area contributed by atoms with Crippen LogP contribution in [0.1, 0.15) is 18.2 Å². The molecule has 7 heteroatoms. The van der Waals surface area contributed by atoms with E-state index in [9.17, 15) is 14.9 Å². The van der Waals surface area contributed by atoms with E-state index >= 15 is 0 Å². The number of nitrogens with one attached hydrogen (secondary N) is 1. The molecule has 0 aliphatic heterocycles. The van der Waals surface area contributed by atoms with Crippen LogP contribution in [-0.2, 0) is 11.2 Å². The summed E-state index contributed by atoms with van der Waals surface area (Å²) in [6.45, 7) is 2.00. The third-order valence-corrected chi connectivity index (χ3v) is 3.48. The minimum Gasteiger partial charge on any atom is -0.298 e. The summed E-state index contributed by atoms with van der Waals surface area (Å²) in [6.07, 6.45) is 3.78. The van der Waals surface area contributed by atoms with Gasteiger partial charge in [0.05, 0.1) is 10.6 Å². The molecule has 1 aromatic heterocycles. The Bertz CT molecular complexity index is 677. The molecule has 108 valence electrons. The standard InChI is InChI=1S/C14H13N3O3S/c1-2-11-9-21-14(15-11)16-13(18)8-5-10-3-6-12(7-4-10)17(19)20/h3-9H,2H2,1H3,(H,15,16,18). The van der Waals surface area contributed by atoms with Gasteiger partial charge in [-0.1, -0.05) is 6.92 Å². The molecule has 2 rings (SSSR count). The van der Waals surface area contributed by atoms with Crippen molar-refractivity contribution in [1.29, 1.82) is 0 Å². The third-order valence-electron chi connectivity index (χ3n) is 2.68. The first-order valence-corrected chi connectivity index (χ1v) is 7.14. The van der Waals surface area contributed by atoms with Gasteiger partial charge in [-0.15, -0.1) is 11.3 Å². The van der Waals surface area contributed by atoms with E-state index in [2.05, 4.69) is 10.3 Å². The van der Waals surface area contributed by atoms with Crippen LogP contribution in [0.25, 0.3) is 6.08 Å². The van der Waals surface area contributed by atoms with Crippen LogP contribution in [-0.4, -0.2) is 15.8 Å². The molecule has 0 saturated heterocycles. The molecular weight excluding hydrogens is 290 g/mol. The number of aryl methyl sites for hydroxylation is 1. The van der Waals surface area contributed by atoms with Gasteiger partial charge in [0.1, 0.15) is 0 Å². The molecule has 0 aliphatic rings. The Morgan fingerprint density at radius 3 is 2.71 bits per heavy atom. The predicted molar refractivity (Wildman–Crippen MR) is 82.3 cm³/mol. The minimum atomic E-state index is -0.464. The van der Waals surface area contributed by atoms with Gasteiger partial charge in [-0.3, -0.25) is 20.2 Å². The van der Waals surface area contributed by atoms with Crippen LogP contribution in [0.15, 0.2) is 35.7 Å². The molecule has 0 bridgehead atoms. The predicted octanol–water partition coefficient (Wildman–Crippen LogP) is 3.27. The molecule has 2 aromatic rings. The van der Waals surface area contributed by atoms with Crippen molar-refractivity contribution < 1.29 is 9.72 Å². The Hall–Kier alpha value is -2.54. The van der Waals surface area contributed by atoms with E-state index in [-0.39, 0.29) is 11.6 Å². The number of non-ortho nitro benzene ring substituents is 1. The average Bonchev–Trinajstić information content (AvgIpc) is 2.93. The molecule has 6 nitrogen and oxygen atoms in total. The van der Waals surface area contributed by atoms with Gasteiger partial charge in [0.25, 0.3) is 5.69 Å². The number of hydrogen-bond donors (Lipinski definition) is 1. The average molecular weight is 303 g/mol. The van der Waals surface area contributed by atoms with Gasteiger partial charge in [0, 0.05) is 23.6 Å². The number of nitro benzene ring substituents is 1. The highest BCUT2D eigenvalue weighted by atomic mass is 32.1. The summed E-state index contributed by atoms with van der Waals surface area (Å²) in [5, 5.41) is 15.7. The third kappa shape index (κ3) is 4.22. The van der Waals surface area contributed by atoms with E-state index in [0.717, 1.165) is 12.1 Å². The first kappa shape index (κ1) is 14.9. The monoisotopic (exact) mass is 303 g/mol. The van der Waals surface area contributed by atoms with Crippen LogP contribution in [0.5, 0.6) is 0 Å². The van der Waals surface area contributed by atoms with Gasteiger partial charge in [0.2, 0.25) is 5.91 Å². The first-order valence-electron chi connectivity index (χ1n) is 6.26. The number of hydrogen-bond acceptors (Lipinski definition) is 5. The molecule has 0 fully saturated rings. The van der Waals surface area contributed by atoms with E-state index in [0.29, 0.717) is 10.7 Å².